The first-order valence-corrected chi connectivity index (χ1v) is 5.83. The second kappa shape index (κ2) is 5.23. The molecule has 1 heterocycles. The van der Waals surface area contributed by atoms with Crippen molar-refractivity contribution in [2.75, 3.05) is 0 Å². The van der Waals surface area contributed by atoms with Gasteiger partial charge >= 0.3 is 0 Å². The van der Waals surface area contributed by atoms with Gasteiger partial charge in [0, 0.05) is 11.1 Å². The third-order valence-corrected chi connectivity index (χ3v) is 3.07. The van der Waals surface area contributed by atoms with E-state index in [1.807, 2.05) is 26.2 Å². The number of hydrogen-bond donors (Lipinski definition) is 2. The van der Waals surface area contributed by atoms with E-state index in [0.717, 1.165) is 10.7 Å². The van der Waals surface area contributed by atoms with E-state index in [0.29, 0.717) is 6.54 Å². The van der Waals surface area contributed by atoms with Crippen LogP contribution in [-0.4, -0.2) is 16.9 Å². The zero-order valence-electron chi connectivity index (χ0n) is 9.28. The Morgan fingerprint density at radius 3 is 2.80 bits per heavy atom. The lowest BCUT2D eigenvalue weighted by Gasteiger charge is -2.14. The van der Waals surface area contributed by atoms with Gasteiger partial charge in [0.15, 0.2) is 0 Å². The summed E-state index contributed by atoms with van der Waals surface area (Å²) >= 11 is 1.54. The Morgan fingerprint density at radius 1 is 1.67 bits per heavy atom. The van der Waals surface area contributed by atoms with Crippen LogP contribution in [0.5, 0.6) is 0 Å². The lowest BCUT2D eigenvalue weighted by atomic mass is 10.1. The van der Waals surface area contributed by atoms with Gasteiger partial charge in [-0.2, -0.15) is 0 Å². The Bertz CT molecular complexity index is 335. The fraction of sp³-hybridized carbons (Fsp3) is 0.600. The topological polar surface area (TPSA) is 68.0 Å². The van der Waals surface area contributed by atoms with Gasteiger partial charge in [-0.05, 0) is 12.8 Å². The van der Waals surface area contributed by atoms with Crippen molar-refractivity contribution < 1.29 is 4.79 Å². The molecule has 4 nitrogen and oxygen atoms in total. The number of nitrogens with two attached hydrogens (primary N) is 1. The molecule has 0 aliphatic heterocycles. The maximum absolute atomic E-state index is 11.5. The largest absolute Gasteiger partial charge is 0.348 e. The molecule has 0 saturated heterocycles. The van der Waals surface area contributed by atoms with Gasteiger partial charge in [0.1, 0.15) is 5.01 Å². The summed E-state index contributed by atoms with van der Waals surface area (Å²) < 4.78 is 0. The molecule has 0 fully saturated rings. The monoisotopic (exact) mass is 227 g/mol. The van der Waals surface area contributed by atoms with Crippen molar-refractivity contribution in [1.29, 1.82) is 0 Å². The second-order valence-electron chi connectivity index (χ2n) is 3.87. The second-order valence-corrected chi connectivity index (χ2v) is 4.81. The lowest BCUT2D eigenvalue weighted by molar-refractivity contribution is -0.123. The van der Waals surface area contributed by atoms with E-state index < -0.39 is 6.04 Å². The van der Waals surface area contributed by atoms with Crippen molar-refractivity contribution in [1.82, 2.24) is 10.3 Å². The fourth-order valence-electron chi connectivity index (χ4n) is 1.07. The summed E-state index contributed by atoms with van der Waals surface area (Å²) in [5.41, 5.74) is 6.68. The van der Waals surface area contributed by atoms with Crippen LogP contribution in [0.4, 0.5) is 0 Å². The number of nitrogens with zero attached hydrogens (tertiary/aromatic N) is 1. The van der Waals surface area contributed by atoms with Crippen molar-refractivity contribution >= 4 is 17.2 Å². The van der Waals surface area contributed by atoms with Gasteiger partial charge in [-0.1, -0.05) is 13.8 Å². The predicted octanol–water partition coefficient (Wildman–Crippen LogP) is 1.05. The molecule has 0 saturated carbocycles. The Balaban J connectivity index is 2.40. The highest BCUT2D eigenvalue weighted by Crippen LogP contribution is 2.08. The minimum absolute atomic E-state index is 0.113. The Hall–Kier alpha value is -0.940. The Morgan fingerprint density at radius 2 is 2.33 bits per heavy atom. The molecule has 84 valence electrons. The molecule has 0 spiro atoms. The molecule has 1 rings (SSSR count). The molecule has 0 bridgehead atoms. The van der Waals surface area contributed by atoms with Crippen LogP contribution in [0.25, 0.3) is 0 Å². The van der Waals surface area contributed by atoms with E-state index in [1.165, 1.54) is 0 Å². The molecule has 0 aliphatic rings. The van der Waals surface area contributed by atoms with Crippen LogP contribution in [0.2, 0.25) is 0 Å². The molecule has 5 heteroatoms. The quantitative estimate of drug-likeness (QED) is 0.808. The number of thiazole rings is 1. The highest BCUT2D eigenvalue weighted by Gasteiger charge is 2.16. The summed E-state index contributed by atoms with van der Waals surface area (Å²) in [6.07, 6.45) is 0. The van der Waals surface area contributed by atoms with Crippen molar-refractivity contribution in [3.8, 4) is 0 Å². The normalized spacial score (nSPS) is 12.9. The SMILES string of the molecule is Cc1csc(CNC(=O)[C@@H](N)C(C)C)n1. The number of carbonyl (C=O) groups excluding carboxylic acids is 1. The summed E-state index contributed by atoms with van der Waals surface area (Å²) in [4.78, 5) is 15.8. The van der Waals surface area contributed by atoms with Gasteiger partial charge < -0.3 is 11.1 Å². The first kappa shape index (κ1) is 12.1. The number of rotatable bonds is 4. The Kier molecular flexibility index (Phi) is 4.23. The molecule has 0 aromatic carbocycles. The van der Waals surface area contributed by atoms with Crippen molar-refractivity contribution in [2.45, 2.75) is 33.4 Å². The molecule has 3 N–H and O–H groups in total. The number of carbonyl (C=O) groups is 1. The molecule has 1 aromatic rings. The van der Waals surface area contributed by atoms with Crippen LogP contribution in [0.1, 0.15) is 24.5 Å². The zero-order valence-corrected chi connectivity index (χ0v) is 10.1. The lowest BCUT2D eigenvalue weighted by Crippen LogP contribution is -2.43. The zero-order chi connectivity index (χ0) is 11.4. The molecule has 0 radical (unpaired) electrons. The minimum Gasteiger partial charge on any atom is -0.348 e. The molecule has 1 atom stereocenters. The number of hydrogen-bond acceptors (Lipinski definition) is 4. The average Bonchev–Trinajstić information content (AvgIpc) is 2.59. The third-order valence-electron chi connectivity index (χ3n) is 2.10. The molecule has 0 unspecified atom stereocenters. The molecule has 1 aromatic heterocycles. The number of amides is 1. The van der Waals surface area contributed by atoms with Gasteiger partial charge in [0.05, 0.1) is 12.6 Å². The van der Waals surface area contributed by atoms with E-state index in [1.54, 1.807) is 11.3 Å². The summed E-state index contributed by atoms with van der Waals surface area (Å²) in [7, 11) is 0. The number of nitrogens with one attached hydrogen (secondary N) is 1. The summed E-state index contributed by atoms with van der Waals surface area (Å²) in [5.74, 6) is 0.0425. The maximum atomic E-state index is 11.5. The predicted molar refractivity (Wildman–Crippen MR) is 61.5 cm³/mol. The van der Waals surface area contributed by atoms with E-state index >= 15 is 0 Å². The van der Waals surface area contributed by atoms with E-state index in [4.69, 9.17) is 5.73 Å². The smallest absolute Gasteiger partial charge is 0.237 e. The van der Waals surface area contributed by atoms with Gasteiger partial charge in [0.2, 0.25) is 5.91 Å². The molecule has 15 heavy (non-hydrogen) atoms. The maximum Gasteiger partial charge on any atom is 0.237 e. The van der Waals surface area contributed by atoms with Crippen LogP contribution < -0.4 is 11.1 Å². The van der Waals surface area contributed by atoms with Gasteiger partial charge in [0.25, 0.3) is 0 Å². The molecular formula is C10H17N3OS. The van der Waals surface area contributed by atoms with Crippen LogP contribution in [0.3, 0.4) is 0 Å². The van der Waals surface area contributed by atoms with E-state index in [9.17, 15) is 4.79 Å². The first-order chi connectivity index (χ1) is 7.00. The van der Waals surface area contributed by atoms with Crippen LogP contribution in [0, 0.1) is 12.8 Å². The minimum atomic E-state index is -0.439. The summed E-state index contributed by atoms with van der Waals surface area (Å²) in [5, 5.41) is 5.65. The third kappa shape index (κ3) is 3.60. The van der Waals surface area contributed by atoms with Crippen LogP contribution in [0.15, 0.2) is 5.38 Å². The fourth-order valence-corrected chi connectivity index (χ4v) is 1.78. The molecular weight excluding hydrogens is 210 g/mol. The summed E-state index contributed by atoms with van der Waals surface area (Å²) in [6, 6.07) is -0.439. The molecule has 1 amide bonds. The van der Waals surface area contributed by atoms with Gasteiger partial charge in [-0.3, -0.25) is 4.79 Å². The van der Waals surface area contributed by atoms with Crippen molar-refractivity contribution in [2.24, 2.45) is 11.7 Å². The van der Waals surface area contributed by atoms with E-state index in [2.05, 4.69) is 10.3 Å². The van der Waals surface area contributed by atoms with Crippen LogP contribution in [-0.2, 0) is 11.3 Å². The van der Waals surface area contributed by atoms with Crippen molar-refractivity contribution in [3.05, 3.63) is 16.1 Å². The highest BCUT2D eigenvalue weighted by atomic mass is 32.1. The standard InChI is InChI=1S/C10H17N3OS/c1-6(2)9(11)10(14)12-4-8-13-7(3)5-15-8/h5-6,9H,4,11H2,1-3H3,(H,12,14)/t9-/m0/s1. The van der Waals surface area contributed by atoms with Gasteiger partial charge in [-0.25, -0.2) is 4.98 Å². The Labute approximate surface area is 93.9 Å². The van der Waals surface area contributed by atoms with E-state index in [-0.39, 0.29) is 11.8 Å². The summed E-state index contributed by atoms with van der Waals surface area (Å²) in [6.45, 7) is 6.26. The number of aryl methyl sites for hydroxylation is 1. The highest BCUT2D eigenvalue weighted by molar-refractivity contribution is 7.09. The van der Waals surface area contributed by atoms with Crippen molar-refractivity contribution in [3.63, 3.8) is 0 Å². The average molecular weight is 227 g/mol. The number of aromatic nitrogens is 1. The van der Waals surface area contributed by atoms with Gasteiger partial charge in [-0.15, -0.1) is 11.3 Å². The molecule has 0 aliphatic carbocycles. The first-order valence-electron chi connectivity index (χ1n) is 4.95. The van der Waals surface area contributed by atoms with Crippen LogP contribution >= 0.6 is 11.3 Å².